The number of likely N-dealkylation sites (tertiary alicyclic amines) is 1. The molecule has 0 bridgehead atoms. The molecule has 0 aromatic heterocycles. The highest BCUT2D eigenvalue weighted by atomic mass is 32.2. The molecular weight excluding hydrogens is 458 g/mol. The van der Waals surface area contributed by atoms with Gasteiger partial charge in [-0.1, -0.05) is 6.07 Å². The molecule has 7 N–H and O–H groups in total. The van der Waals surface area contributed by atoms with Crippen molar-refractivity contribution in [3.05, 3.63) is 47.5 Å². The molecule has 1 fully saturated rings. The number of aromatic hydroxyl groups is 2. The Hall–Kier alpha value is -2.99. The zero-order chi connectivity index (χ0) is 24.4. The summed E-state index contributed by atoms with van der Waals surface area (Å²) in [7, 11) is 0. The van der Waals surface area contributed by atoms with Crippen LogP contribution >= 0.6 is 0 Å². The Morgan fingerprint density at radius 1 is 1.12 bits per heavy atom. The molecule has 0 aliphatic carbocycles. The molecular formula is C23H29N5O5S. The summed E-state index contributed by atoms with van der Waals surface area (Å²) in [6.07, 6.45) is 1.35. The van der Waals surface area contributed by atoms with Crippen molar-refractivity contribution in [2.45, 2.75) is 49.3 Å². The SMILES string of the molecule is NC(=O)C[C@H](N)C(=O)N1CCC(Nc2ccc3c(c2)CN([S+]([O-])c2ccc(O)cc2O)C3)CC1. The van der Waals surface area contributed by atoms with Gasteiger partial charge in [-0.05, 0) is 42.2 Å². The number of rotatable bonds is 7. The van der Waals surface area contributed by atoms with E-state index in [1.54, 1.807) is 9.21 Å². The van der Waals surface area contributed by atoms with Crippen molar-refractivity contribution < 1.29 is 24.4 Å². The van der Waals surface area contributed by atoms with E-state index in [0.29, 0.717) is 26.2 Å². The predicted molar refractivity (Wildman–Crippen MR) is 127 cm³/mol. The number of fused-ring (bicyclic) bond motifs is 1. The molecule has 2 aromatic rings. The second kappa shape index (κ2) is 10.1. The lowest BCUT2D eigenvalue weighted by Crippen LogP contribution is -2.50. The summed E-state index contributed by atoms with van der Waals surface area (Å²) in [5, 5.41) is 23.0. The van der Waals surface area contributed by atoms with Crippen molar-refractivity contribution in [1.82, 2.24) is 9.21 Å². The number of primary amides is 1. The van der Waals surface area contributed by atoms with Crippen molar-refractivity contribution in [1.29, 1.82) is 0 Å². The fraction of sp³-hybridized carbons (Fsp3) is 0.391. The van der Waals surface area contributed by atoms with E-state index in [1.807, 2.05) is 18.2 Å². The predicted octanol–water partition coefficient (Wildman–Crippen LogP) is 0.742. The molecule has 34 heavy (non-hydrogen) atoms. The quantitative estimate of drug-likeness (QED) is 0.356. The summed E-state index contributed by atoms with van der Waals surface area (Å²) in [5.41, 5.74) is 14.0. The molecule has 0 spiro atoms. The number of nitrogens with one attached hydrogen (secondary N) is 1. The Labute approximate surface area is 200 Å². The molecule has 1 saturated heterocycles. The van der Waals surface area contributed by atoms with Crippen molar-refractivity contribution in [2.24, 2.45) is 11.5 Å². The molecule has 2 aromatic carbocycles. The van der Waals surface area contributed by atoms with Gasteiger partial charge in [0.15, 0.2) is 5.75 Å². The lowest BCUT2D eigenvalue weighted by atomic mass is 10.0. The van der Waals surface area contributed by atoms with Crippen LogP contribution in [0.1, 0.15) is 30.4 Å². The maximum atomic E-state index is 13.0. The molecule has 2 aliphatic rings. The van der Waals surface area contributed by atoms with Crippen molar-refractivity contribution in [2.75, 3.05) is 18.4 Å². The average Bonchev–Trinajstić information content (AvgIpc) is 3.22. The van der Waals surface area contributed by atoms with Crippen molar-refractivity contribution >= 4 is 28.9 Å². The zero-order valence-electron chi connectivity index (χ0n) is 18.6. The van der Waals surface area contributed by atoms with Crippen LogP contribution in [-0.4, -0.2) is 61.0 Å². The van der Waals surface area contributed by atoms with E-state index in [2.05, 4.69) is 5.32 Å². The number of benzene rings is 2. The summed E-state index contributed by atoms with van der Waals surface area (Å²) >= 11 is -1.56. The Morgan fingerprint density at radius 3 is 2.50 bits per heavy atom. The largest absolute Gasteiger partial charge is 0.593 e. The fourth-order valence-corrected chi connectivity index (χ4v) is 5.59. The molecule has 2 aliphatic heterocycles. The van der Waals surface area contributed by atoms with Crippen LogP contribution in [0.25, 0.3) is 0 Å². The molecule has 2 atom stereocenters. The van der Waals surface area contributed by atoms with Gasteiger partial charge in [-0.3, -0.25) is 9.59 Å². The number of hydrogen-bond acceptors (Lipinski definition) is 8. The topological polar surface area (TPSA) is 168 Å². The van der Waals surface area contributed by atoms with E-state index in [9.17, 15) is 24.4 Å². The van der Waals surface area contributed by atoms with E-state index < -0.39 is 23.3 Å². The first-order valence-corrected chi connectivity index (χ1v) is 12.2. The van der Waals surface area contributed by atoms with Crippen LogP contribution in [0.4, 0.5) is 5.69 Å². The third-order valence-corrected chi connectivity index (χ3v) is 7.63. The number of hydrogen-bond donors (Lipinski definition) is 5. The maximum Gasteiger partial charge on any atom is 0.240 e. The number of phenolic OH excluding ortho intramolecular Hbond substituents is 2. The van der Waals surface area contributed by atoms with Crippen molar-refractivity contribution in [3.8, 4) is 11.5 Å². The van der Waals surface area contributed by atoms with E-state index in [4.69, 9.17) is 11.5 Å². The van der Waals surface area contributed by atoms with Gasteiger partial charge in [-0.2, -0.15) is 0 Å². The van der Waals surface area contributed by atoms with E-state index in [-0.39, 0.29) is 34.8 Å². The number of carbonyl (C=O) groups excluding carboxylic acids is 2. The average molecular weight is 488 g/mol. The lowest BCUT2D eigenvalue weighted by molar-refractivity contribution is -0.135. The minimum absolute atomic E-state index is 0.0811. The molecule has 0 saturated carbocycles. The third kappa shape index (κ3) is 5.39. The van der Waals surface area contributed by atoms with Crippen LogP contribution in [-0.2, 0) is 34.0 Å². The smallest absolute Gasteiger partial charge is 0.240 e. The van der Waals surface area contributed by atoms with Gasteiger partial charge in [0, 0.05) is 37.0 Å². The van der Waals surface area contributed by atoms with E-state index in [0.717, 1.165) is 29.7 Å². The molecule has 11 heteroatoms. The molecule has 4 rings (SSSR count). The maximum absolute atomic E-state index is 13.0. The van der Waals surface area contributed by atoms with Gasteiger partial charge in [0.05, 0.1) is 36.9 Å². The van der Waals surface area contributed by atoms with Crippen LogP contribution < -0.4 is 16.8 Å². The summed E-state index contributed by atoms with van der Waals surface area (Å²) in [5.74, 6) is -1.11. The highest BCUT2D eigenvalue weighted by Gasteiger charge is 2.32. The van der Waals surface area contributed by atoms with Gasteiger partial charge in [-0.25, -0.2) is 0 Å². The van der Waals surface area contributed by atoms with Crippen molar-refractivity contribution in [3.63, 3.8) is 0 Å². The number of piperidine rings is 1. The summed E-state index contributed by atoms with van der Waals surface area (Å²) in [6.45, 7) is 2.07. The second-order valence-corrected chi connectivity index (χ2v) is 10.2. The van der Waals surface area contributed by atoms with Crippen LogP contribution in [0.2, 0.25) is 0 Å². The summed E-state index contributed by atoms with van der Waals surface area (Å²) in [4.78, 5) is 25.3. The number of phenols is 2. The van der Waals surface area contributed by atoms with Crippen LogP contribution in [0.15, 0.2) is 41.3 Å². The normalized spacial score (nSPS) is 18.4. The van der Waals surface area contributed by atoms with Gasteiger partial charge in [0.2, 0.25) is 16.7 Å². The van der Waals surface area contributed by atoms with Gasteiger partial charge in [0.25, 0.3) is 0 Å². The first kappa shape index (κ1) is 24.1. The van der Waals surface area contributed by atoms with Gasteiger partial charge < -0.3 is 36.4 Å². The molecule has 2 amide bonds. The zero-order valence-corrected chi connectivity index (χ0v) is 19.5. The third-order valence-electron chi connectivity index (χ3n) is 6.18. The van der Waals surface area contributed by atoms with Gasteiger partial charge in [0.1, 0.15) is 5.75 Å². The molecule has 0 radical (unpaired) electrons. The van der Waals surface area contributed by atoms with E-state index >= 15 is 0 Å². The Balaban J connectivity index is 1.32. The van der Waals surface area contributed by atoms with E-state index in [1.165, 1.54) is 18.2 Å². The number of nitrogens with two attached hydrogens (primary N) is 2. The Morgan fingerprint density at radius 2 is 1.82 bits per heavy atom. The number of nitrogens with zero attached hydrogens (tertiary/aromatic N) is 2. The Kier molecular flexibility index (Phi) is 7.17. The van der Waals surface area contributed by atoms with Crippen LogP contribution in [0.3, 0.4) is 0 Å². The number of anilines is 1. The van der Waals surface area contributed by atoms with Crippen LogP contribution in [0.5, 0.6) is 11.5 Å². The monoisotopic (exact) mass is 487 g/mol. The molecule has 182 valence electrons. The highest BCUT2D eigenvalue weighted by Crippen LogP contribution is 2.35. The minimum Gasteiger partial charge on any atom is -0.593 e. The second-order valence-electron chi connectivity index (χ2n) is 8.70. The van der Waals surface area contributed by atoms with Gasteiger partial charge in [-0.15, -0.1) is 4.31 Å². The Bertz CT molecular complexity index is 1080. The summed E-state index contributed by atoms with van der Waals surface area (Å²) < 4.78 is 14.7. The highest BCUT2D eigenvalue weighted by molar-refractivity contribution is 7.89. The van der Waals surface area contributed by atoms with Crippen LogP contribution in [0, 0.1) is 0 Å². The first-order chi connectivity index (χ1) is 16.2. The fourth-order valence-electron chi connectivity index (χ4n) is 4.38. The molecule has 2 heterocycles. The lowest BCUT2D eigenvalue weighted by Gasteiger charge is -2.34. The molecule has 1 unspecified atom stereocenters. The minimum atomic E-state index is -1.56. The number of amides is 2. The standard InChI is InChI=1S/C23H29N5O5S/c24-19(11-22(25)31)23(32)27-7-5-16(6-8-27)26-17-2-1-14-12-28(13-15(14)9-17)34(33)21-4-3-18(29)10-20(21)30/h1-4,9-10,16,19,26,29-30H,5-8,11-13,24H2,(H2,25,31)/t19-,34?/m0/s1. The van der Waals surface area contributed by atoms with Gasteiger partial charge >= 0.3 is 0 Å². The molecule has 10 nitrogen and oxygen atoms in total. The summed E-state index contributed by atoms with van der Waals surface area (Å²) in [6, 6.07) is 9.39. The number of carbonyl (C=O) groups is 2. The first-order valence-electron chi connectivity index (χ1n) is 11.1.